The smallest absolute Gasteiger partial charge is 0.161 e. The highest BCUT2D eigenvalue weighted by Gasteiger charge is 2.24. The first kappa shape index (κ1) is 23.3. The van der Waals surface area contributed by atoms with E-state index >= 15 is 0 Å². The molecule has 5 rings (SSSR count). The molecule has 5 aromatic rings. The lowest BCUT2D eigenvalue weighted by Gasteiger charge is -2.29. The summed E-state index contributed by atoms with van der Waals surface area (Å²) in [5, 5.41) is 10.1. The second kappa shape index (κ2) is 9.67. The number of imidazole rings is 1. The van der Waals surface area contributed by atoms with Crippen molar-refractivity contribution in [2.45, 2.75) is 33.4 Å². The van der Waals surface area contributed by atoms with E-state index in [0.717, 1.165) is 45.7 Å². The Morgan fingerprint density at radius 3 is 2.53 bits per heavy atom. The molecule has 0 spiro atoms. The van der Waals surface area contributed by atoms with Crippen LogP contribution in [0.15, 0.2) is 65.3 Å². The number of nitriles is 1. The Morgan fingerprint density at radius 1 is 1.03 bits per heavy atom. The first-order valence-electron chi connectivity index (χ1n) is 11.9. The summed E-state index contributed by atoms with van der Waals surface area (Å²) in [5.41, 5.74) is 6.21. The maximum absolute atomic E-state index is 10.1. The Labute approximate surface area is 210 Å². The predicted octanol–water partition coefficient (Wildman–Crippen LogP) is 6.05. The summed E-state index contributed by atoms with van der Waals surface area (Å²) in [5.74, 6) is 3.21. The van der Waals surface area contributed by atoms with Gasteiger partial charge < -0.3 is 18.8 Å². The Morgan fingerprint density at radius 2 is 1.83 bits per heavy atom. The van der Waals surface area contributed by atoms with E-state index in [9.17, 15) is 5.26 Å². The van der Waals surface area contributed by atoms with Gasteiger partial charge in [0.05, 0.1) is 43.6 Å². The Hall–Kier alpha value is -4.44. The van der Waals surface area contributed by atoms with Gasteiger partial charge in [-0.1, -0.05) is 25.1 Å². The molecule has 2 aromatic carbocycles. The molecule has 0 unspecified atom stereocenters. The van der Waals surface area contributed by atoms with Gasteiger partial charge in [0.15, 0.2) is 17.1 Å². The van der Waals surface area contributed by atoms with Crippen LogP contribution in [0.25, 0.3) is 16.7 Å². The van der Waals surface area contributed by atoms with E-state index in [-0.39, 0.29) is 0 Å². The number of pyridine rings is 1. The molecular weight excluding hydrogens is 452 g/mol. The highest BCUT2D eigenvalue weighted by Crippen LogP contribution is 2.36. The molecule has 0 atom stereocenters. The monoisotopic (exact) mass is 480 g/mol. The zero-order valence-corrected chi connectivity index (χ0v) is 20.9. The summed E-state index contributed by atoms with van der Waals surface area (Å²) in [4.78, 5) is 7.16. The number of furan rings is 1. The quantitative estimate of drug-likeness (QED) is 0.269. The topological polar surface area (TPSA) is 75.9 Å². The lowest BCUT2D eigenvalue weighted by molar-refractivity contribution is 0.354. The number of anilines is 1. The number of methoxy groups -OCH3 is 2. The van der Waals surface area contributed by atoms with Crippen molar-refractivity contribution < 1.29 is 13.9 Å². The molecule has 0 bridgehead atoms. The molecule has 0 fully saturated rings. The number of nitrogens with zero attached hydrogens (tertiary/aromatic N) is 4. The van der Waals surface area contributed by atoms with Crippen LogP contribution in [0, 0.1) is 18.3 Å². The maximum atomic E-state index is 10.1. The normalized spacial score (nSPS) is 11.1. The molecule has 0 amide bonds. The Kier molecular flexibility index (Phi) is 6.26. The number of ether oxygens (including phenoxy) is 2. The molecule has 182 valence electrons. The lowest BCUT2D eigenvalue weighted by atomic mass is 10.0. The van der Waals surface area contributed by atoms with E-state index in [1.807, 2.05) is 55.5 Å². The summed E-state index contributed by atoms with van der Waals surface area (Å²) >= 11 is 0. The van der Waals surface area contributed by atoms with Crippen LogP contribution in [0.1, 0.15) is 34.9 Å². The minimum atomic E-state index is 0.543. The number of para-hydroxylation sites is 2. The Balaban J connectivity index is 1.78. The van der Waals surface area contributed by atoms with E-state index in [1.54, 1.807) is 20.5 Å². The average molecular weight is 481 g/mol. The molecule has 3 aromatic heterocycles. The molecule has 0 aliphatic rings. The number of fused-ring (bicyclic) bond motifs is 3. The lowest BCUT2D eigenvalue weighted by Crippen LogP contribution is -2.26. The fourth-order valence-electron chi connectivity index (χ4n) is 4.91. The van der Waals surface area contributed by atoms with Crippen LogP contribution < -0.4 is 14.4 Å². The second-order valence-corrected chi connectivity index (χ2v) is 8.65. The van der Waals surface area contributed by atoms with Gasteiger partial charge in [-0.05, 0) is 66.4 Å². The van der Waals surface area contributed by atoms with Crippen molar-refractivity contribution in [3.05, 3.63) is 88.9 Å². The molecule has 36 heavy (non-hydrogen) atoms. The summed E-state index contributed by atoms with van der Waals surface area (Å²) in [6.45, 7) is 5.27. The molecule has 0 radical (unpaired) electrons. The third kappa shape index (κ3) is 3.91. The summed E-state index contributed by atoms with van der Waals surface area (Å²) < 4.78 is 18.9. The molecule has 7 nitrogen and oxygen atoms in total. The molecular formula is C29H28N4O3. The standard InChI is InChI=1S/C29H28N4O3/c1-5-22-19(2)23(16-30)28-31-24-10-6-7-11-25(24)33(28)29(22)32(18-21-9-8-14-36-21)17-20-12-13-26(34-3)27(15-20)35-4/h6-15H,5,17-18H2,1-4H3. The molecule has 0 aliphatic carbocycles. The fraction of sp³-hybridized carbons (Fsp3) is 0.241. The van der Waals surface area contributed by atoms with Gasteiger partial charge in [0.25, 0.3) is 0 Å². The minimum Gasteiger partial charge on any atom is -0.493 e. The van der Waals surface area contributed by atoms with Gasteiger partial charge in [-0.3, -0.25) is 4.40 Å². The number of hydrogen-bond donors (Lipinski definition) is 0. The fourth-order valence-corrected chi connectivity index (χ4v) is 4.91. The second-order valence-electron chi connectivity index (χ2n) is 8.65. The summed E-state index contributed by atoms with van der Waals surface area (Å²) in [6, 6.07) is 20.3. The van der Waals surface area contributed by atoms with Crippen LogP contribution >= 0.6 is 0 Å². The SMILES string of the molecule is CCc1c(C)c(C#N)c2nc3ccccc3n2c1N(Cc1ccc(OC)c(OC)c1)Cc1ccco1. The highest BCUT2D eigenvalue weighted by molar-refractivity contribution is 5.86. The zero-order chi connectivity index (χ0) is 25.2. The zero-order valence-electron chi connectivity index (χ0n) is 20.9. The third-order valence-electron chi connectivity index (χ3n) is 6.61. The number of hydrogen-bond acceptors (Lipinski definition) is 6. The van der Waals surface area contributed by atoms with Crippen molar-refractivity contribution in [2.24, 2.45) is 0 Å². The first-order valence-corrected chi connectivity index (χ1v) is 11.9. The van der Waals surface area contributed by atoms with E-state index < -0.39 is 0 Å². The van der Waals surface area contributed by atoms with Crippen molar-refractivity contribution in [2.75, 3.05) is 19.1 Å². The van der Waals surface area contributed by atoms with Crippen molar-refractivity contribution in [3.8, 4) is 17.6 Å². The van der Waals surface area contributed by atoms with Crippen LogP contribution in [-0.4, -0.2) is 23.6 Å². The van der Waals surface area contributed by atoms with Gasteiger partial charge in [-0.15, -0.1) is 0 Å². The number of rotatable bonds is 8. The van der Waals surface area contributed by atoms with Crippen LogP contribution in [0.4, 0.5) is 5.82 Å². The van der Waals surface area contributed by atoms with E-state index in [0.29, 0.717) is 35.8 Å². The van der Waals surface area contributed by atoms with Crippen molar-refractivity contribution >= 4 is 22.5 Å². The van der Waals surface area contributed by atoms with Gasteiger partial charge in [-0.2, -0.15) is 5.26 Å². The minimum absolute atomic E-state index is 0.543. The molecule has 0 aliphatic heterocycles. The first-order chi connectivity index (χ1) is 17.6. The Bertz CT molecular complexity index is 1580. The van der Waals surface area contributed by atoms with Gasteiger partial charge in [0.1, 0.15) is 17.6 Å². The van der Waals surface area contributed by atoms with Crippen molar-refractivity contribution in [1.29, 1.82) is 5.26 Å². The predicted molar refractivity (Wildman–Crippen MR) is 140 cm³/mol. The average Bonchev–Trinajstić information content (AvgIpc) is 3.55. The van der Waals surface area contributed by atoms with Gasteiger partial charge in [-0.25, -0.2) is 4.98 Å². The van der Waals surface area contributed by atoms with Crippen molar-refractivity contribution in [3.63, 3.8) is 0 Å². The van der Waals surface area contributed by atoms with Gasteiger partial charge in [0, 0.05) is 6.54 Å². The van der Waals surface area contributed by atoms with Crippen LogP contribution in [0.3, 0.4) is 0 Å². The van der Waals surface area contributed by atoms with Crippen LogP contribution in [-0.2, 0) is 19.5 Å². The molecule has 0 saturated carbocycles. The van der Waals surface area contributed by atoms with E-state index in [2.05, 4.69) is 28.4 Å². The van der Waals surface area contributed by atoms with Gasteiger partial charge >= 0.3 is 0 Å². The molecule has 7 heteroatoms. The highest BCUT2D eigenvalue weighted by atomic mass is 16.5. The largest absolute Gasteiger partial charge is 0.493 e. The number of aromatic nitrogens is 2. The van der Waals surface area contributed by atoms with Crippen LogP contribution in [0.5, 0.6) is 11.5 Å². The molecule has 0 N–H and O–H groups in total. The van der Waals surface area contributed by atoms with Gasteiger partial charge in [0.2, 0.25) is 0 Å². The van der Waals surface area contributed by atoms with Crippen molar-refractivity contribution in [1.82, 2.24) is 9.38 Å². The van der Waals surface area contributed by atoms with Crippen LogP contribution in [0.2, 0.25) is 0 Å². The number of benzene rings is 2. The molecule has 3 heterocycles. The summed E-state index contributed by atoms with van der Waals surface area (Å²) in [6.07, 6.45) is 2.45. The summed E-state index contributed by atoms with van der Waals surface area (Å²) in [7, 11) is 3.28. The van der Waals surface area contributed by atoms with E-state index in [1.165, 1.54) is 0 Å². The van der Waals surface area contributed by atoms with E-state index in [4.69, 9.17) is 18.9 Å². The maximum Gasteiger partial charge on any atom is 0.161 e. The third-order valence-corrected chi connectivity index (χ3v) is 6.61. The molecule has 0 saturated heterocycles.